The first-order valence-corrected chi connectivity index (χ1v) is 8.29. The van der Waals surface area contributed by atoms with Crippen LogP contribution in [-0.2, 0) is 6.54 Å². The van der Waals surface area contributed by atoms with Crippen LogP contribution in [0.1, 0.15) is 26.3 Å². The van der Waals surface area contributed by atoms with Crippen molar-refractivity contribution in [3.05, 3.63) is 52.5 Å². The first-order valence-electron chi connectivity index (χ1n) is 7.50. The van der Waals surface area contributed by atoms with Crippen LogP contribution in [0.25, 0.3) is 0 Å². The van der Waals surface area contributed by atoms with E-state index in [1.165, 1.54) is 0 Å². The summed E-state index contributed by atoms with van der Waals surface area (Å²) in [4.78, 5) is 0. The summed E-state index contributed by atoms with van der Waals surface area (Å²) in [6.45, 7) is 7.37. The van der Waals surface area contributed by atoms with E-state index in [0.717, 1.165) is 33.8 Å². The minimum absolute atomic E-state index is 0.131. The third kappa shape index (κ3) is 4.95. The summed E-state index contributed by atoms with van der Waals surface area (Å²) in [6.07, 6.45) is 0.131. The summed E-state index contributed by atoms with van der Waals surface area (Å²) < 4.78 is 12.5. The van der Waals surface area contributed by atoms with Crippen LogP contribution >= 0.6 is 15.9 Å². The number of benzene rings is 2. The Kier molecular flexibility index (Phi) is 6.13. The zero-order valence-electron chi connectivity index (χ0n) is 13.2. The van der Waals surface area contributed by atoms with Gasteiger partial charge in [-0.1, -0.05) is 22.0 Å². The molecule has 3 nitrogen and oxygen atoms in total. The van der Waals surface area contributed by atoms with Crippen molar-refractivity contribution in [2.75, 3.05) is 11.9 Å². The van der Waals surface area contributed by atoms with Gasteiger partial charge in [0, 0.05) is 16.7 Å². The predicted molar refractivity (Wildman–Crippen MR) is 94.8 cm³/mol. The van der Waals surface area contributed by atoms with E-state index >= 15 is 0 Å². The van der Waals surface area contributed by atoms with Gasteiger partial charge in [-0.25, -0.2) is 0 Å². The molecule has 0 unspecified atom stereocenters. The fourth-order valence-electron chi connectivity index (χ4n) is 2.05. The molecular weight excluding hydrogens is 342 g/mol. The molecule has 2 rings (SSSR count). The Bertz CT molecular complexity index is 597. The highest BCUT2D eigenvalue weighted by Crippen LogP contribution is 2.29. The molecule has 4 heteroatoms. The number of hydrogen-bond donors (Lipinski definition) is 1. The molecule has 0 fully saturated rings. The Morgan fingerprint density at radius 1 is 1.05 bits per heavy atom. The third-order valence-corrected chi connectivity index (χ3v) is 3.54. The van der Waals surface area contributed by atoms with Gasteiger partial charge in [-0.2, -0.15) is 0 Å². The normalized spacial score (nSPS) is 10.6. The maximum Gasteiger partial charge on any atom is 0.161 e. The SMILES string of the molecule is CCOc1cc(CNc2ccc(Br)cc2)ccc1OC(C)C. The van der Waals surface area contributed by atoms with Gasteiger partial charge in [-0.15, -0.1) is 0 Å². The molecule has 0 aliphatic heterocycles. The van der Waals surface area contributed by atoms with Gasteiger partial charge in [0.05, 0.1) is 12.7 Å². The van der Waals surface area contributed by atoms with Crippen molar-refractivity contribution < 1.29 is 9.47 Å². The van der Waals surface area contributed by atoms with Gasteiger partial charge in [0.1, 0.15) is 0 Å². The smallest absolute Gasteiger partial charge is 0.161 e. The second-order valence-corrected chi connectivity index (χ2v) is 6.16. The highest BCUT2D eigenvalue weighted by molar-refractivity contribution is 9.10. The van der Waals surface area contributed by atoms with Gasteiger partial charge in [0.25, 0.3) is 0 Å². The van der Waals surface area contributed by atoms with Gasteiger partial charge in [-0.3, -0.25) is 0 Å². The lowest BCUT2D eigenvalue weighted by molar-refractivity contribution is 0.223. The third-order valence-electron chi connectivity index (χ3n) is 3.01. The summed E-state index contributed by atoms with van der Waals surface area (Å²) in [5, 5.41) is 3.40. The van der Waals surface area contributed by atoms with Crippen molar-refractivity contribution in [2.45, 2.75) is 33.4 Å². The van der Waals surface area contributed by atoms with Gasteiger partial charge in [0.2, 0.25) is 0 Å². The Hall–Kier alpha value is -1.68. The van der Waals surface area contributed by atoms with Crippen LogP contribution in [0.4, 0.5) is 5.69 Å². The van der Waals surface area contributed by atoms with Crippen molar-refractivity contribution in [1.29, 1.82) is 0 Å². The number of ether oxygens (including phenoxy) is 2. The molecule has 0 amide bonds. The fourth-order valence-corrected chi connectivity index (χ4v) is 2.32. The minimum atomic E-state index is 0.131. The van der Waals surface area contributed by atoms with Crippen molar-refractivity contribution in [1.82, 2.24) is 0 Å². The van der Waals surface area contributed by atoms with Crippen LogP contribution < -0.4 is 14.8 Å². The van der Waals surface area contributed by atoms with Crippen molar-refractivity contribution in [3.63, 3.8) is 0 Å². The lowest BCUT2D eigenvalue weighted by Gasteiger charge is -2.16. The molecule has 22 heavy (non-hydrogen) atoms. The predicted octanol–water partition coefficient (Wildman–Crippen LogP) is 5.25. The maximum atomic E-state index is 5.78. The van der Waals surface area contributed by atoms with Crippen LogP contribution in [0.2, 0.25) is 0 Å². The average molecular weight is 364 g/mol. The molecule has 0 aromatic heterocycles. The van der Waals surface area contributed by atoms with Crippen LogP contribution in [0.5, 0.6) is 11.5 Å². The molecule has 2 aromatic carbocycles. The summed E-state index contributed by atoms with van der Waals surface area (Å²) in [7, 11) is 0. The van der Waals surface area contributed by atoms with Crippen LogP contribution in [0, 0.1) is 0 Å². The van der Waals surface area contributed by atoms with Crippen LogP contribution in [0.3, 0.4) is 0 Å². The van der Waals surface area contributed by atoms with Gasteiger partial charge >= 0.3 is 0 Å². The Morgan fingerprint density at radius 3 is 2.41 bits per heavy atom. The van der Waals surface area contributed by atoms with E-state index in [-0.39, 0.29) is 6.10 Å². The summed E-state index contributed by atoms with van der Waals surface area (Å²) >= 11 is 3.44. The van der Waals surface area contributed by atoms with Crippen LogP contribution in [-0.4, -0.2) is 12.7 Å². The molecular formula is C18H22BrNO2. The Labute approximate surface area is 140 Å². The summed E-state index contributed by atoms with van der Waals surface area (Å²) in [5.41, 5.74) is 2.24. The molecule has 0 saturated carbocycles. The second-order valence-electron chi connectivity index (χ2n) is 5.24. The summed E-state index contributed by atoms with van der Waals surface area (Å²) in [6, 6.07) is 14.2. The zero-order chi connectivity index (χ0) is 15.9. The van der Waals surface area contributed by atoms with E-state index < -0.39 is 0 Å². The molecule has 2 aromatic rings. The molecule has 0 bridgehead atoms. The van der Waals surface area contributed by atoms with E-state index in [2.05, 4.69) is 27.3 Å². The highest BCUT2D eigenvalue weighted by Gasteiger charge is 2.08. The molecule has 1 N–H and O–H groups in total. The van der Waals surface area contributed by atoms with E-state index in [1.54, 1.807) is 0 Å². The Balaban J connectivity index is 2.07. The van der Waals surface area contributed by atoms with Crippen LogP contribution in [0.15, 0.2) is 46.9 Å². The molecule has 0 saturated heterocycles. The lowest BCUT2D eigenvalue weighted by atomic mass is 10.2. The first kappa shape index (κ1) is 16.7. The second kappa shape index (κ2) is 8.08. The number of anilines is 1. The van der Waals surface area contributed by atoms with E-state index in [4.69, 9.17) is 9.47 Å². The maximum absolute atomic E-state index is 5.78. The van der Waals surface area contributed by atoms with E-state index in [9.17, 15) is 0 Å². The zero-order valence-corrected chi connectivity index (χ0v) is 14.8. The Morgan fingerprint density at radius 2 is 1.77 bits per heavy atom. The van der Waals surface area contributed by atoms with Crippen molar-refractivity contribution >= 4 is 21.6 Å². The molecule has 0 heterocycles. The molecule has 0 radical (unpaired) electrons. The minimum Gasteiger partial charge on any atom is -0.490 e. The fraction of sp³-hybridized carbons (Fsp3) is 0.333. The summed E-state index contributed by atoms with van der Waals surface area (Å²) in [5.74, 6) is 1.59. The van der Waals surface area contributed by atoms with Crippen molar-refractivity contribution in [3.8, 4) is 11.5 Å². The standard InChI is InChI=1S/C18H22BrNO2/c1-4-21-18-11-14(5-10-17(18)22-13(2)3)12-20-16-8-6-15(19)7-9-16/h5-11,13,20H,4,12H2,1-3H3. The number of hydrogen-bond acceptors (Lipinski definition) is 3. The quantitative estimate of drug-likeness (QED) is 0.728. The number of halogens is 1. The highest BCUT2D eigenvalue weighted by atomic mass is 79.9. The lowest BCUT2D eigenvalue weighted by Crippen LogP contribution is -2.08. The molecule has 0 spiro atoms. The van der Waals surface area contributed by atoms with Gasteiger partial charge in [-0.05, 0) is 62.7 Å². The van der Waals surface area contributed by atoms with E-state index in [1.807, 2.05) is 57.2 Å². The number of nitrogens with one attached hydrogen (secondary N) is 1. The molecule has 0 atom stereocenters. The topological polar surface area (TPSA) is 30.5 Å². The molecule has 118 valence electrons. The molecule has 0 aliphatic rings. The van der Waals surface area contributed by atoms with Gasteiger partial charge in [0.15, 0.2) is 11.5 Å². The largest absolute Gasteiger partial charge is 0.490 e. The average Bonchev–Trinajstić information content (AvgIpc) is 2.49. The van der Waals surface area contributed by atoms with Gasteiger partial charge < -0.3 is 14.8 Å². The number of rotatable bonds is 7. The first-order chi connectivity index (χ1) is 10.6. The van der Waals surface area contributed by atoms with E-state index in [0.29, 0.717) is 6.61 Å². The molecule has 0 aliphatic carbocycles. The van der Waals surface area contributed by atoms with Crippen molar-refractivity contribution in [2.24, 2.45) is 0 Å². The monoisotopic (exact) mass is 363 g/mol.